The molecule has 1 aromatic heterocycles. The number of halogens is 1. The van der Waals surface area contributed by atoms with Crippen molar-refractivity contribution in [3.8, 4) is 5.88 Å². The lowest BCUT2D eigenvalue weighted by Crippen LogP contribution is -2.26. The third kappa shape index (κ3) is 4.25. The van der Waals surface area contributed by atoms with E-state index in [0.717, 1.165) is 21.9 Å². The van der Waals surface area contributed by atoms with Crippen molar-refractivity contribution in [3.05, 3.63) is 34.9 Å². The van der Waals surface area contributed by atoms with Crippen molar-refractivity contribution < 1.29 is 9.84 Å². The minimum atomic E-state index is -0.606. The molecule has 0 fully saturated rings. The number of aliphatic hydroxyl groups is 1. The first-order valence-corrected chi connectivity index (χ1v) is 6.84. The molecule has 0 saturated carbocycles. The molecule has 1 atom stereocenters. The van der Waals surface area contributed by atoms with Crippen LogP contribution in [0.5, 0.6) is 5.88 Å². The second-order valence-corrected chi connectivity index (χ2v) is 5.07. The largest absolute Gasteiger partial charge is 0.473 e. The second kappa shape index (κ2) is 6.67. The van der Waals surface area contributed by atoms with Crippen LogP contribution in [0.4, 0.5) is 5.69 Å². The topological polar surface area (TPSA) is 67.3 Å². The van der Waals surface area contributed by atoms with Crippen LogP contribution >= 0.6 is 27.7 Å². The molecule has 18 heavy (non-hydrogen) atoms. The fourth-order valence-corrected chi connectivity index (χ4v) is 2.06. The summed E-state index contributed by atoms with van der Waals surface area (Å²) in [6, 6.07) is 7.75. The predicted octanol–water partition coefficient (Wildman–Crippen LogP) is 2.15. The standard InChI is InChI=1S/C11H12BrN3O2S/c12-8-2-1-3-9(4-8)13-5-10(16)7-17-11-6-14-18-15-11/h1-4,6,10,13,16H,5,7H2. The van der Waals surface area contributed by atoms with E-state index < -0.39 is 6.10 Å². The normalized spacial score (nSPS) is 12.1. The molecule has 0 aliphatic rings. The molecule has 0 aliphatic carbocycles. The van der Waals surface area contributed by atoms with Gasteiger partial charge in [0.15, 0.2) is 0 Å². The molecule has 0 radical (unpaired) electrons. The van der Waals surface area contributed by atoms with Crippen LogP contribution in [0.3, 0.4) is 0 Å². The number of hydrogen-bond acceptors (Lipinski definition) is 6. The molecule has 0 aliphatic heterocycles. The van der Waals surface area contributed by atoms with Crippen LogP contribution < -0.4 is 10.1 Å². The van der Waals surface area contributed by atoms with Gasteiger partial charge in [-0.15, -0.1) is 4.37 Å². The summed E-state index contributed by atoms with van der Waals surface area (Å²) in [4.78, 5) is 0. The first kappa shape index (κ1) is 13.3. The van der Waals surface area contributed by atoms with E-state index in [1.807, 2.05) is 24.3 Å². The number of benzene rings is 1. The average Bonchev–Trinajstić information content (AvgIpc) is 2.87. The number of anilines is 1. The number of ether oxygens (including phenoxy) is 1. The maximum Gasteiger partial charge on any atom is 0.245 e. The molecule has 5 nitrogen and oxygen atoms in total. The van der Waals surface area contributed by atoms with Crippen LogP contribution in [-0.2, 0) is 0 Å². The molecule has 0 bridgehead atoms. The van der Waals surface area contributed by atoms with E-state index in [9.17, 15) is 5.11 Å². The van der Waals surface area contributed by atoms with Gasteiger partial charge in [-0.25, -0.2) is 0 Å². The van der Waals surface area contributed by atoms with Crippen LogP contribution in [0.2, 0.25) is 0 Å². The van der Waals surface area contributed by atoms with Crippen molar-refractivity contribution in [1.82, 2.24) is 8.75 Å². The maximum absolute atomic E-state index is 9.73. The zero-order valence-electron chi connectivity index (χ0n) is 9.41. The summed E-state index contributed by atoms with van der Waals surface area (Å²) in [7, 11) is 0. The summed E-state index contributed by atoms with van der Waals surface area (Å²) in [6.07, 6.45) is 0.921. The van der Waals surface area contributed by atoms with Crippen LogP contribution in [0.15, 0.2) is 34.9 Å². The molecule has 2 N–H and O–H groups in total. The lowest BCUT2D eigenvalue weighted by atomic mass is 10.3. The van der Waals surface area contributed by atoms with Gasteiger partial charge in [0.25, 0.3) is 0 Å². The summed E-state index contributed by atoms with van der Waals surface area (Å²) < 4.78 is 13.9. The van der Waals surface area contributed by atoms with Crippen LogP contribution in [0.25, 0.3) is 0 Å². The van der Waals surface area contributed by atoms with E-state index in [1.54, 1.807) is 0 Å². The summed E-state index contributed by atoms with van der Waals surface area (Å²) in [6.45, 7) is 0.598. The van der Waals surface area contributed by atoms with Crippen molar-refractivity contribution in [1.29, 1.82) is 0 Å². The fourth-order valence-electron chi connectivity index (χ4n) is 1.29. The Hall–Kier alpha value is -1.18. The van der Waals surface area contributed by atoms with Gasteiger partial charge in [-0.05, 0) is 18.2 Å². The molecule has 0 saturated heterocycles. The molecule has 1 aromatic carbocycles. The number of nitrogens with zero attached hydrogens (tertiary/aromatic N) is 2. The summed E-state index contributed by atoms with van der Waals surface area (Å²) in [5.74, 6) is 0.446. The van der Waals surface area contributed by atoms with Crippen molar-refractivity contribution >= 4 is 33.3 Å². The van der Waals surface area contributed by atoms with Gasteiger partial charge in [0.1, 0.15) is 18.9 Å². The van der Waals surface area contributed by atoms with E-state index in [1.165, 1.54) is 6.20 Å². The predicted molar refractivity (Wildman–Crippen MR) is 74.0 cm³/mol. The summed E-state index contributed by atoms with van der Waals surface area (Å²) in [5.41, 5.74) is 0.943. The Labute approximate surface area is 117 Å². The quantitative estimate of drug-likeness (QED) is 0.850. The van der Waals surface area contributed by atoms with Crippen LogP contribution in [0.1, 0.15) is 0 Å². The molecular formula is C11H12BrN3O2S. The van der Waals surface area contributed by atoms with Gasteiger partial charge < -0.3 is 15.2 Å². The molecule has 7 heteroatoms. The third-order valence-electron chi connectivity index (χ3n) is 2.13. The van der Waals surface area contributed by atoms with Gasteiger partial charge in [-0.3, -0.25) is 0 Å². The summed E-state index contributed by atoms with van der Waals surface area (Å²) in [5, 5.41) is 12.9. The Balaban J connectivity index is 1.73. The Morgan fingerprint density at radius 2 is 2.39 bits per heavy atom. The maximum atomic E-state index is 9.73. The zero-order chi connectivity index (χ0) is 12.8. The summed E-state index contributed by atoms with van der Waals surface area (Å²) >= 11 is 4.46. The lowest BCUT2D eigenvalue weighted by molar-refractivity contribution is 0.115. The lowest BCUT2D eigenvalue weighted by Gasteiger charge is -2.12. The van der Waals surface area contributed by atoms with Gasteiger partial charge >= 0.3 is 0 Å². The number of rotatable bonds is 6. The zero-order valence-corrected chi connectivity index (χ0v) is 11.8. The monoisotopic (exact) mass is 329 g/mol. The molecule has 0 spiro atoms. The molecule has 96 valence electrons. The molecular weight excluding hydrogens is 318 g/mol. The highest BCUT2D eigenvalue weighted by atomic mass is 79.9. The van der Waals surface area contributed by atoms with E-state index in [-0.39, 0.29) is 6.61 Å². The number of aromatic nitrogens is 2. The molecule has 2 rings (SSSR count). The van der Waals surface area contributed by atoms with Gasteiger partial charge in [0.05, 0.1) is 11.7 Å². The van der Waals surface area contributed by atoms with Crippen LogP contribution in [-0.4, -0.2) is 33.1 Å². The van der Waals surface area contributed by atoms with Crippen molar-refractivity contribution in [2.45, 2.75) is 6.10 Å². The van der Waals surface area contributed by atoms with Gasteiger partial charge in [-0.1, -0.05) is 22.0 Å². The van der Waals surface area contributed by atoms with E-state index in [0.29, 0.717) is 12.4 Å². The van der Waals surface area contributed by atoms with E-state index in [2.05, 4.69) is 30.0 Å². The molecule has 1 heterocycles. The average molecular weight is 330 g/mol. The highest BCUT2D eigenvalue weighted by Crippen LogP contribution is 2.15. The molecule has 0 amide bonds. The fraction of sp³-hybridized carbons (Fsp3) is 0.273. The van der Waals surface area contributed by atoms with E-state index >= 15 is 0 Å². The third-order valence-corrected chi connectivity index (χ3v) is 3.09. The number of nitrogens with one attached hydrogen (secondary N) is 1. The number of hydrogen-bond donors (Lipinski definition) is 2. The Kier molecular flexibility index (Phi) is 4.91. The second-order valence-electron chi connectivity index (χ2n) is 3.60. The smallest absolute Gasteiger partial charge is 0.245 e. The number of aliphatic hydroxyl groups excluding tert-OH is 1. The van der Waals surface area contributed by atoms with Gasteiger partial charge in [0.2, 0.25) is 5.88 Å². The molecule has 1 unspecified atom stereocenters. The Morgan fingerprint density at radius 3 is 3.11 bits per heavy atom. The van der Waals surface area contributed by atoms with Crippen LogP contribution in [0, 0.1) is 0 Å². The van der Waals surface area contributed by atoms with Gasteiger partial charge in [0, 0.05) is 16.7 Å². The highest BCUT2D eigenvalue weighted by Gasteiger charge is 2.06. The SMILES string of the molecule is OC(CNc1cccc(Br)c1)COc1cnsn1. The van der Waals surface area contributed by atoms with Crippen molar-refractivity contribution in [3.63, 3.8) is 0 Å². The minimum absolute atomic E-state index is 0.187. The van der Waals surface area contributed by atoms with Crippen molar-refractivity contribution in [2.24, 2.45) is 0 Å². The highest BCUT2D eigenvalue weighted by molar-refractivity contribution is 9.10. The molecule has 2 aromatic rings. The van der Waals surface area contributed by atoms with Crippen molar-refractivity contribution in [2.75, 3.05) is 18.5 Å². The first-order chi connectivity index (χ1) is 8.74. The Bertz CT molecular complexity index is 481. The minimum Gasteiger partial charge on any atom is -0.473 e. The van der Waals surface area contributed by atoms with E-state index in [4.69, 9.17) is 4.74 Å². The van der Waals surface area contributed by atoms with Gasteiger partial charge in [-0.2, -0.15) is 4.37 Å². The first-order valence-electron chi connectivity index (χ1n) is 5.32. The Morgan fingerprint density at radius 1 is 1.50 bits per heavy atom.